The van der Waals surface area contributed by atoms with Crippen LogP contribution in [0.15, 0.2) is 6.20 Å². The highest BCUT2D eigenvalue weighted by atomic mass is 32.2. The molecule has 0 saturated heterocycles. The van der Waals surface area contributed by atoms with E-state index in [0.29, 0.717) is 0 Å². The summed E-state index contributed by atoms with van der Waals surface area (Å²) in [6.45, 7) is 6.33. The minimum absolute atomic E-state index is 0.965. The number of thioether (sulfide) groups is 1. The molecule has 1 aromatic rings. The lowest BCUT2D eigenvalue weighted by Crippen LogP contribution is -2.10. The highest BCUT2D eigenvalue weighted by molar-refractivity contribution is 7.98. The predicted octanol–water partition coefficient (Wildman–Crippen LogP) is 2.90. The molecule has 0 radical (unpaired) electrons. The van der Waals surface area contributed by atoms with E-state index in [0.717, 1.165) is 18.8 Å². The Morgan fingerprint density at radius 3 is 3.07 bits per heavy atom. The van der Waals surface area contributed by atoms with E-state index in [1.807, 2.05) is 29.3 Å². The zero-order chi connectivity index (χ0) is 10.2. The van der Waals surface area contributed by atoms with Gasteiger partial charge in [0, 0.05) is 23.4 Å². The molecule has 0 bridgehead atoms. The number of thiazole rings is 1. The van der Waals surface area contributed by atoms with Gasteiger partial charge < -0.3 is 5.32 Å². The summed E-state index contributed by atoms with van der Waals surface area (Å²) in [4.78, 5) is 5.74. The van der Waals surface area contributed by atoms with Crippen molar-refractivity contribution in [2.24, 2.45) is 0 Å². The number of nitrogens with zero attached hydrogens (tertiary/aromatic N) is 1. The number of hydrogen-bond acceptors (Lipinski definition) is 4. The molecule has 1 heterocycles. The van der Waals surface area contributed by atoms with Gasteiger partial charge in [-0.3, -0.25) is 0 Å². The van der Waals surface area contributed by atoms with Gasteiger partial charge >= 0.3 is 0 Å². The van der Waals surface area contributed by atoms with Crippen LogP contribution in [0.4, 0.5) is 0 Å². The lowest BCUT2D eigenvalue weighted by Gasteiger charge is -1.96. The van der Waals surface area contributed by atoms with Crippen LogP contribution in [0.1, 0.15) is 30.2 Å². The van der Waals surface area contributed by atoms with Crippen LogP contribution in [-0.4, -0.2) is 17.3 Å². The van der Waals surface area contributed by atoms with E-state index in [1.165, 1.54) is 22.1 Å². The quantitative estimate of drug-likeness (QED) is 0.729. The van der Waals surface area contributed by atoms with Crippen LogP contribution in [0, 0.1) is 0 Å². The summed E-state index contributed by atoms with van der Waals surface area (Å²) in [5, 5.41) is 4.57. The van der Waals surface area contributed by atoms with Gasteiger partial charge in [-0.25, -0.2) is 4.98 Å². The second-order valence-electron chi connectivity index (χ2n) is 3.05. The third-order valence-corrected chi connectivity index (χ3v) is 4.08. The molecule has 2 nitrogen and oxygen atoms in total. The van der Waals surface area contributed by atoms with E-state index in [-0.39, 0.29) is 0 Å². The van der Waals surface area contributed by atoms with Gasteiger partial charge in [-0.2, -0.15) is 11.8 Å². The Morgan fingerprint density at radius 1 is 1.50 bits per heavy atom. The Hall–Kier alpha value is -0.0600. The van der Waals surface area contributed by atoms with Crippen molar-refractivity contribution in [1.29, 1.82) is 0 Å². The molecule has 0 fully saturated rings. The summed E-state index contributed by atoms with van der Waals surface area (Å²) in [5.74, 6) is 2.31. The van der Waals surface area contributed by atoms with Gasteiger partial charge in [0.25, 0.3) is 0 Å². The molecule has 4 heteroatoms. The molecule has 0 aliphatic rings. The second kappa shape index (κ2) is 7.26. The molecule has 1 rings (SSSR count). The zero-order valence-corrected chi connectivity index (χ0v) is 10.5. The minimum Gasteiger partial charge on any atom is -0.312 e. The number of hydrogen-bond donors (Lipinski definition) is 1. The molecular weight excluding hydrogens is 212 g/mol. The van der Waals surface area contributed by atoms with Crippen molar-refractivity contribution in [3.05, 3.63) is 16.1 Å². The summed E-state index contributed by atoms with van der Waals surface area (Å²) in [7, 11) is 0. The molecule has 0 amide bonds. The van der Waals surface area contributed by atoms with Gasteiger partial charge in [0.1, 0.15) is 5.01 Å². The van der Waals surface area contributed by atoms with Crippen molar-refractivity contribution in [3.63, 3.8) is 0 Å². The average Bonchev–Trinajstić information content (AvgIpc) is 2.63. The smallest absolute Gasteiger partial charge is 0.103 e. The topological polar surface area (TPSA) is 24.9 Å². The standard InChI is InChI=1S/C10H18N2S2/c1-3-5-13-8-10-12-7-9(14-10)6-11-4-2/h7,11H,3-6,8H2,1-2H3. The van der Waals surface area contributed by atoms with Crippen LogP contribution in [-0.2, 0) is 12.3 Å². The first kappa shape index (κ1) is 12.0. The monoisotopic (exact) mass is 230 g/mol. The van der Waals surface area contributed by atoms with Gasteiger partial charge in [0.2, 0.25) is 0 Å². The first-order valence-electron chi connectivity index (χ1n) is 5.08. The van der Waals surface area contributed by atoms with E-state index in [9.17, 15) is 0 Å². The second-order valence-corrected chi connectivity index (χ2v) is 5.36. The first-order valence-corrected chi connectivity index (χ1v) is 7.06. The van der Waals surface area contributed by atoms with Gasteiger partial charge in [0.15, 0.2) is 0 Å². The Labute approximate surface area is 94.5 Å². The molecule has 0 aliphatic heterocycles. The fourth-order valence-electron chi connectivity index (χ4n) is 1.05. The van der Waals surface area contributed by atoms with E-state index in [1.54, 1.807) is 0 Å². The maximum Gasteiger partial charge on any atom is 0.103 e. The molecule has 0 saturated carbocycles. The SMILES string of the molecule is CCCSCc1ncc(CNCC)s1. The Balaban J connectivity index is 2.27. The molecule has 80 valence electrons. The summed E-state index contributed by atoms with van der Waals surface area (Å²) in [6, 6.07) is 0. The van der Waals surface area contributed by atoms with Gasteiger partial charge in [0.05, 0.1) is 0 Å². The van der Waals surface area contributed by atoms with Crippen molar-refractivity contribution < 1.29 is 0 Å². The molecule has 1 N–H and O–H groups in total. The fourth-order valence-corrected chi connectivity index (χ4v) is 2.90. The molecule has 0 aliphatic carbocycles. The normalized spacial score (nSPS) is 10.7. The van der Waals surface area contributed by atoms with Crippen LogP contribution in [0.25, 0.3) is 0 Å². The lowest BCUT2D eigenvalue weighted by molar-refractivity contribution is 0.734. The van der Waals surface area contributed by atoms with Crippen molar-refractivity contribution in [2.75, 3.05) is 12.3 Å². The molecule has 0 unspecified atom stereocenters. The Bertz CT molecular complexity index is 248. The van der Waals surface area contributed by atoms with Gasteiger partial charge in [-0.1, -0.05) is 13.8 Å². The fraction of sp³-hybridized carbons (Fsp3) is 0.700. The molecule has 0 spiro atoms. The summed E-state index contributed by atoms with van der Waals surface area (Å²) >= 11 is 3.80. The first-order chi connectivity index (χ1) is 6.86. The number of nitrogens with one attached hydrogen (secondary N) is 1. The zero-order valence-electron chi connectivity index (χ0n) is 8.88. The van der Waals surface area contributed by atoms with Crippen LogP contribution in [0.3, 0.4) is 0 Å². The Kier molecular flexibility index (Phi) is 6.23. The van der Waals surface area contributed by atoms with E-state index < -0.39 is 0 Å². The van der Waals surface area contributed by atoms with Crippen molar-refractivity contribution in [2.45, 2.75) is 32.6 Å². The lowest BCUT2D eigenvalue weighted by atomic mass is 10.5. The summed E-state index contributed by atoms with van der Waals surface area (Å²) in [6.07, 6.45) is 3.25. The summed E-state index contributed by atoms with van der Waals surface area (Å²) < 4.78 is 0. The van der Waals surface area contributed by atoms with Crippen molar-refractivity contribution in [3.8, 4) is 0 Å². The van der Waals surface area contributed by atoms with Crippen LogP contribution in [0.5, 0.6) is 0 Å². The van der Waals surface area contributed by atoms with Crippen molar-refractivity contribution >= 4 is 23.1 Å². The third-order valence-electron chi connectivity index (χ3n) is 1.72. The number of rotatable bonds is 7. The van der Waals surface area contributed by atoms with Gasteiger partial charge in [-0.15, -0.1) is 11.3 Å². The number of aromatic nitrogens is 1. The largest absolute Gasteiger partial charge is 0.312 e. The highest BCUT2D eigenvalue weighted by Gasteiger charge is 2.00. The third kappa shape index (κ3) is 4.44. The van der Waals surface area contributed by atoms with Gasteiger partial charge in [-0.05, 0) is 18.7 Å². The summed E-state index contributed by atoms with van der Waals surface area (Å²) in [5.41, 5.74) is 0. The highest BCUT2D eigenvalue weighted by Crippen LogP contribution is 2.18. The Morgan fingerprint density at radius 2 is 2.36 bits per heavy atom. The molecule has 1 aromatic heterocycles. The molecule has 14 heavy (non-hydrogen) atoms. The predicted molar refractivity (Wildman–Crippen MR) is 65.9 cm³/mol. The molecule has 0 atom stereocenters. The van der Waals surface area contributed by atoms with E-state index in [4.69, 9.17) is 0 Å². The van der Waals surface area contributed by atoms with Crippen LogP contribution in [0.2, 0.25) is 0 Å². The average molecular weight is 230 g/mol. The van der Waals surface area contributed by atoms with E-state index in [2.05, 4.69) is 24.1 Å². The van der Waals surface area contributed by atoms with Crippen LogP contribution >= 0.6 is 23.1 Å². The van der Waals surface area contributed by atoms with Crippen LogP contribution < -0.4 is 5.32 Å². The van der Waals surface area contributed by atoms with E-state index >= 15 is 0 Å². The molecular formula is C10H18N2S2. The minimum atomic E-state index is 0.965. The maximum absolute atomic E-state index is 4.40. The molecule has 0 aromatic carbocycles. The van der Waals surface area contributed by atoms with Crippen molar-refractivity contribution in [1.82, 2.24) is 10.3 Å². The maximum atomic E-state index is 4.40.